The molecule has 3 rings (SSSR count). The van der Waals surface area contributed by atoms with Gasteiger partial charge in [-0.15, -0.1) is 0 Å². The molecule has 0 atom stereocenters. The number of nitrogens with zero attached hydrogens (tertiary/aromatic N) is 1. The Hall–Kier alpha value is -3.36. The number of amides is 2. The number of rotatable bonds is 6. The van der Waals surface area contributed by atoms with E-state index in [9.17, 15) is 18.0 Å². The third-order valence-corrected chi connectivity index (χ3v) is 6.35. The molecular formula is C21H18ClN3O4S. The second-order valence-electron chi connectivity index (χ2n) is 6.38. The lowest BCUT2D eigenvalue weighted by molar-refractivity contribution is 0.0996. The normalized spacial score (nSPS) is 11.0. The van der Waals surface area contributed by atoms with Crippen LogP contribution in [-0.2, 0) is 10.0 Å². The molecule has 0 saturated heterocycles. The van der Waals surface area contributed by atoms with Gasteiger partial charge in [0.1, 0.15) is 0 Å². The number of hydrogen-bond acceptors (Lipinski definition) is 4. The summed E-state index contributed by atoms with van der Waals surface area (Å²) < 4.78 is 27.1. The van der Waals surface area contributed by atoms with E-state index < -0.39 is 21.8 Å². The van der Waals surface area contributed by atoms with E-state index in [1.54, 1.807) is 30.3 Å². The van der Waals surface area contributed by atoms with Crippen molar-refractivity contribution in [3.05, 3.63) is 88.9 Å². The molecule has 0 bridgehead atoms. The maximum absolute atomic E-state index is 13.0. The average molecular weight is 444 g/mol. The Balaban J connectivity index is 1.87. The predicted octanol–water partition coefficient (Wildman–Crippen LogP) is 3.52. The van der Waals surface area contributed by atoms with Gasteiger partial charge in [-0.25, -0.2) is 8.42 Å². The first-order chi connectivity index (χ1) is 14.2. The summed E-state index contributed by atoms with van der Waals surface area (Å²) >= 11 is 5.96. The molecule has 7 nitrogen and oxygen atoms in total. The van der Waals surface area contributed by atoms with Crippen LogP contribution in [0.4, 0.5) is 11.4 Å². The van der Waals surface area contributed by atoms with E-state index in [2.05, 4.69) is 5.32 Å². The largest absolute Gasteiger partial charge is 0.366 e. The predicted molar refractivity (Wildman–Crippen MR) is 116 cm³/mol. The van der Waals surface area contributed by atoms with E-state index in [4.69, 9.17) is 17.3 Å². The molecule has 154 valence electrons. The molecule has 0 unspecified atom stereocenters. The molecule has 2 amide bonds. The molecule has 9 heteroatoms. The number of nitrogens with two attached hydrogens (primary N) is 1. The molecule has 3 aromatic carbocycles. The number of nitrogens with one attached hydrogen (secondary N) is 1. The minimum absolute atomic E-state index is 0.0523. The van der Waals surface area contributed by atoms with Crippen LogP contribution < -0.4 is 15.4 Å². The van der Waals surface area contributed by atoms with Crippen molar-refractivity contribution in [1.82, 2.24) is 0 Å². The van der Waals surface area contributed by atoms with Crippen molar-refractivity contribution < 1.29 is 18.0 Å². The lowest BCUT2D eigenvalue weighted by Gasteiger charge is -2.20. The van der Waals surface area contributed by atoms with Gasteiger partial charge in [0.05, 0.1) is 10.6 Å². The maximum atomic E-state index is 13.0. The van der Waals surface area contributed by atoms with Gasteiger partial charge >= 0.3 is 0 Å². The van der Waals surface area contributed by atoms with Gasteiger partial charge in [-0.1, -0.05) is 29.8 Å². The minimum Gasteiger partial charge on any atom is -0.366 e. The first-order valence-corrected chi connectivity index (χ1v) is 10.6. The van der Waals surface area contributed by atoms with Gasteiger partial charge in [0.2, 0.25) is 5.91 Å². The van der Waals surface area contributed by atoms with Crippen LogP contribution >= 0.6 is 11.6 Å². The third kappa shape index (κ3) is 4.61. The lowest BCUT2D eigenvalue weighted by atomic mass is 10.1. The van der Waals surface area contributed by atoms with E-state index in [1.165, 1.54) is 49.5 Å². The lowest BCUT2D eigenvalue weighted by Crippen LogP contribution is -2.26. The maximum Gasteiger partial charge on any atom is 0.264 e. The fourth-order valence-electron chi connectivity index (χ4n) is 2.72. The van der Waals surface area contributed by atoms with E-state index in [0.29, 0.717) is 16.4 Å². The Bertz CT molecular complexity index is 1230. The number of primary amides is 1. The van der Waals surface area contributed by atoms with E-state index in [1.807, 2.05) is 0 Å². The highest BCUT2D eigenvalue weighted by Crippen LogP contribution is 2.25. The number of halogens is 1. The average Bonchev–Trinajstić information content (AvgIpc) is 2.73. The third-order valence-electron chi connectivity index (χ3n) is 4.33. The highest BCUT2D eigenvalue weighted by Gasteiger charge is 2.22. The summed E-state index contributed by atoms with van der Waals surface area (Å²) in [5.74, 6) is -1.15. The van der Waals surface area contributed by atoms with Crippen molar-refractivity contribution in [1.29, 1.82) is 0 Å². The summed E-state index contributed by atoms with van der Waals surface area (Å²) in [4.78, 5) is 23.8. The van der Waals surface area contributed by atoms with Gasteiger partial charge in [-0.3, -0.25) is 13.9 Å². The molecule has 0 heterocycles. The number of sulfonamides is 1. The van der Waals surface area contributed by atoms with Crippen LogP contribution in [0.2, 0.25) is 5.02 Å². The van der Waals surface area contributed by atoms with Crippen molar-refractivity contribution in [3.8, 4) is 0 Å². The van der Waals surface area contributed by atoms with Crippen LogP contribution in [0.3, 0.4) is 0 Å². The Kier molecular flexibility index (Phi) is 6.09. The van der Waals surface area contributed by atoms with Crippen LogP contribution in [0.15, 0.2) is 77.7 Å². The monoisotopic (exact) mass is 443 g/mol. The molecule has 0 aliphatic heterocycles. The molecule has 0 fully saturated rings. The van der Waals surface area contributed by atoms with Crippen LogP contribution in [0.5, 0.6) is 0 Å². The van der Waals surface area contributed by atoms with E-state index in [-0.39, 0.29) is 16.0 Å². The highest BCUT2D eigenvalue weighted by atomic mass is 35.5. The summed E-state index contributed by atoms with van der Waals surface area (Å²) in [6, 6.07) is 18.2. The van der Waals surface area contributed by atoms with Gasteiger partial charge in [0, 0.05) is 28.9 Å². The molecule has 3 aromatic rings. The molecule has 0 radical (unpaired) electrons. The van der Waals surface area contributed by atoms with Crippen molar-refractivity contribution in [2.45, 2.75) is 4.90 Å². The Morgan fingerprint density at radius 3 is 2.30 bits per heavy atom. The van der Waals surface area contributed by atoms with Gasteiger partial charge in [-0.2, -0.15) is 0 Å². The van der Waals surface area contributed by atoms with Crippen LogP contribution in [0.25, 0.3) is 0 Å². The summed E-state index contributed by atoms with van der Waals surface area (Å²) in [5.41, 5.74) is 6.38. The molecule has 0 aromatic heterocycles. The summed E-state index contributed by atoms with van der Waals surface area (Å²) in [7, 11) is -2.52. The SMILES string of the molecule is CN(c1cccc(Cl)c1)S(=O)(=O)c1cccc(C(=O)Nc2cccc(C(N)=O)c2)c1. The fourth-order valence-corrected chi connectivity index (χ4v) is 4.14. The number of carbonyl (C=O) groups is 2. The molecule has 0 saturated carbocycles. The number of anilines is 2. The zero-order valence-electron chi connectivity index (χ0n) is 15.9. The van der Waals surface area contributed by atoms with Crippen LogP contribution in [0, 0.1) is 0 Å². The summed E-state index contributed by atoms with van der Waals surface area (Å²) in [5, 5.41) is 3.03. The number of hydrogen-bond donors (Lipinski definition) is 2. The first-order valence-electron chi connectivity index (χ1n) is 8.74. The fraction of sp³-hybridized carbons (Fsp3) is 0.0476. The van der Waals surface area contributed by atoms with Crippen LogP contribution in [-0.4, -0.2) is 27.3 Å². The van der Waals surface area contributed by atoms with Crippen molar-refractivity contribution in [2.75, 3.05) is 16.7 Å². The minimum atomic E-state index is -3.92. The Labute approximate surface area is 179 Å². The Morgan fingerprint density at radius 1 is 0.933 bits per heavy atom. The topological polar surface area (TPSA) is 110 Å². The summed E-state index contributed by atoms with van der Waals surface area (Å²) in [6.45, 7) is 0. The quantitative estimate of drug-likeness (QED) is 0.607. The van der Waals surface area contributed by atoms with E-state index >= 15 is 0 Å². The highest BCUT2D eigenvalue weighted by molar-refractivity contribution is 7.92. The van der Waals surface area contributed by atoms with Gasteiger partial charge in [0.25, 0.3) is 15.9 Å². The van der Waals surface area contributed by atoms with Crippen molar-refractivity contribution in [2.24, 2.45) is 5.73 Å². The zero-order chi connectivity index (χ0) is 21.9. The van der Waals surface area contributed by atoms with Gasteiger partial charge in [-0.05, 0) is 54.6 Å². The molecule has 0 aliphatic carbocycles. The van der Waals surface area contributed by atoms with Crippen LogP contribution in [0.1, 0.15) is 20.7 Å². The van der Waals surface area contributed by atoms with E-state index in [0.717, 1.165) is 4.31 Å². The van der Waals surface area contributed by atoms with Gasteiger partial charge in [0.15, 0.2) is 0 Å². The first kappa shape index (κ1) is 21.4. The van der Waals surface area contributed by atoms with Gasteiger partial charge < -0.3 is 11.1 Å². The second kappa shape index (κ2) is 8.56. The number of carbonyl (C=O) groups excluding carboxylic acids is 2. The Morgan fingerprint density at radius 2 is 1.60 bits per heavy atom. The summed E-state index contributed by atoms with van der Waals surface area (Å²) in [6.07, 6.45) is 0. The molecule has 30 heavy (non-hydrogen) atoms. The van der Waals surface area contributed by atoms with Crippen molar-refractivity contribution >= 4 is 44.8 Å². The molecule has 3 N–H and O–H groups in total. The zero-order valence-corrected chi connectivity index (χ0v) is 17.4. The molecular weight excluding hydrogens is 426 g/mol. The second-order valence-corrected chi connectivity index (χ2v) is 8.79. The van der Waals surface area contributed by atoms with Crippen molar-refractivity contribution in [3.63, 3.8) is 0 Å². The molecule has 0 aliphatic rings. The number of benzene rings is 3. The standard InChI is InChI=1S/C21H18ClN3O4S/c1-25(18-9-4-7-16(22)13-18)30(28,29)19-10-3-6-15(12-19)21(27)24-17-8-2-5-14(11-17)20(23)26/h2-13H,1H3,(H2,23,26)(H,24,27). The smallest absolute Gasteiger partial charge is 0.264 e. The molecule has 0 spiro atoms.